The summed E-state index contributed by atoms with van der Waals surface area (Å²) in [6.07, 6.45) is 2.55. The monoisotopic (exact) mass is 296 g/mol. The van der Waals surface area contributed by atoms with Crippen molar-refractivity contribution in [3.8, 4) is 5.75 Å². The third-order valence-corrected chi connectivity index (χ3v) is 3.99. The van der Waals surface area contributed by atoms with E-state index in [1.165, 1.54) is 12.8 Å². The predicted octanol–water partition coefficient (Wildman–Crippen LogP) is 3.26. The quantitative estimate of drug-likeness (QED) is 0.846. The van der Waals surface area contributed by atoms with E-state index in [0.717, 1.165) is 31.7 Å². The molecule has 1 aromatic rings. The zero-order chi connectivity index (χ0) is 14.5. The Balaban J connectivity index is 1.99. The summed E-state index contributed by atoms with van der Waals surface area (Å²) in [5, 5.41) is 13.5. The van der Waals surface area contributed by atoms with Gasteiger partial charge < -0.3 is 10.4 Å². The molecule has 1 unspecified atom stereocenters. The fourth-order valence-corrected chi connectivity index (χ4v) is 3.05. The number of nitrogens with one attached hydrogen (secondary N) is 1. The molecule has 1 atom stereocenters. The Hall–Kier alpha value is -0.770. The Morgan fingerprint density at radius 3 is 2.85 bits per heavy atom. The van der Waals surface area contributed by atoms with Crippen LogP contribution in [0.2, 0.25) is 5.02 Å². The van der Waals surface area contributed by atoms with Crippen LogP contribution in [0.25, 0.3) is 0 Å². The van der Waals surface area contributed by atoms with Crippen LogP contribution < -0.4 is 5.32 Å². The first-order valence-electron chi connectivity index (χ1n) is 7.47. The number of aromatic hydroxyl groups is 1. The lowest BCUT2D eigenvalue weighted by molar-refractivity contribution is 0.216. The number of nitrogens with zero attached hydrogens (tertiary/aromatic N) is 1. The molecule has 1 aliphatic heterocycles. The van der Waals surface area contributed by atoms with Crippen molar-refractivity contribution in [3.05, 3.63) is 28.8 Å². The van der Waals surface area contributed by atoms with Crippen molar-refractivity contribution in [2.45, 2.75) is 39.3 Å². The number of phenolic OH excluding ortho intramolecular Hbond substituents is 1. The first kappa shape index (κ1) is 15.6. The van der Waals surface area contributed by atoms with Gasteiger partial charge in [0.2, 0.25) is 0 Å². The van der Waals surface area contributed by atoms with Crippen molar-refractivity contribution in [1.82, 2.24) is 10.2 Å². The van der Waals surface area contributed by atoms with Crippen LogP contribution in [0.5, 0.6) is 5.75 Å². The van der Waals surface area contributed by atoms with Crippen molar-refractivity contribution >= 4 is 11.6 Å². The third kappa shape index (κ3) is 4.65. The molecule has 1 aromatic carbocycles. The molecule has 0 spiro atoms. The molecule has 112 valence electrons. The topological polar surface area (TPSA) is 35.5 Å². The molecular weight excluding hydrogens is 272 g/mol. The average Bonchev–Trinajstić information content (AvgIpc) is 2.86. The van der Waals surface area contributed by atoms with Gasteiger partial charge in [-0.25, -0.2) is 0 Å². The maximum absolute atomic E-state index is 9.50. The summed E-state index contributed by atoms with van der Waals surface area (Å²) >= 11 is 5.99. The number of halogens is 1. The van der Waals surface area contributed by atoms with Gasteiger partial charge in [0.15, 0.2) is 0 Å². The fourth-order valence-electron chi connectivity index (χ4n) is 2.85. The third-order valence-electron chi connectivity index (χ3n) is 3.68. The summed E-state index contributed by atoms with van der Waals surface area (Å²) in [5.41, 5.74) is 1.16. The Kier molecular flexibility index (Phi) is 5.70. The van der Waals surface area contributed by atoms with Crippen molar-refractivity contribution in [2.24, 2.45) is 5.92 Å². The van der Waals surface area contributed by atoms with Crippen LogP contribution in [-0.2, 0) is 6.54 Å². The van der Waals surface area contributed by atoms with Gasteiger partial charge in [-0.3, -0.25) is 4.90 Å². The van der Waals surface area contributed by atoms with E-state index in [2.05, 4.69) is 24.1 Å². The minimum absolute atomic E-state index is 0.156. The van der Waals surface area contributed by atoms with Crippen molar-refractivity contribution < 1.29 is 5.11 Å². The zero-order valence-corrected chi connectivity index (χ0v) is 13.2. The van der Waals surface area contributed by atoms with E-state index in [4.69, 9.17) is 11.6 Å². The number of hydrogen-bond donors (Lipinski definition) is 2. The Labute approximate surface area is 126 Å². The number of phenols is 1. The van der Waals surface area contributed by atoms with Crippen LogP contribution in [0.3, 0.4) is 0 Å². The lowest BCUT2D eigenvalue weighted by Crippen LogP contribution is -2.38. The molecule has 1 fully saturated rings. The minimum atomic E-state index is 0.156. The summed E-state index contributed by atoms with van der Waals surface area (Å²) < 4.78 is 0. The van der Waals surface area contributed by atoms with Gasteiger partial charge in [0.25, 0.3) is 0 Å². The molecule has 2 rings (SSSR count). The average molecular weight is 297 g/mol. The lowest BCUT2D eigenvalue weighted by Gasteiger charge is -2.27. The largest absolute Gasteiger partial charge is 0.506 e. The highest BCUT2D eigenvalue weighted by molar-refractivity contribution is 6.32. The van der Waals surface area contributed by atoms with E-state index >= 15 is 0 Å². The number of benzene rings is 1. The number of rotatable bonds is 6. The molecule has 1 saturated heterocycles. The maximum atomic E-state index is 9.50. The van der Waals surface area contributed by atoms with Gasteiger partial charge >= 0.3 is 0 Å². The second kappa shape index (κ2) is 7.30. The molecule has 1 aliphatic rings. The normalized spacial score (nSPS) is 19.1. The molecule has 1 heterocycles. The van der Waals surface area contributed by atoms with E-state index in [1.807, 2.05) is 12.1 Å². The second-order valence-electron chi connectivity index (χ2n) is 6.17. The first-order valence-corrected chi connectivity index (χ1v) is 7.85. The zero-order valence-electron chi connectivity index (χ0n) is 12.4. The lowest BCUT2D eigenvalue weighted by atomic mass is 10.1. The van der Waals surface area contributed by atoms with Gasteiger partial charge in [-0.2, -0.15) is 0 Å². The van der Waals surface area contributed by atoms with Crippen LogP contribution in [0.4, 0.5) is 0 Å². The molecule has 20 heavy (non-hydrogen) atoms. The first-order chi connectivity index (χ1) is 9.54. The summed E-state index contributed by atoms with van der Waals surface area (Å²) in [5.74, 6) is 0.798. The SMILES string of the molecule is CC(C)CN(Cc1ccc(O)c(Cl)c1)CC1CCCN1. The molecule has 0 radical (unpaired) electrons. The van der Waals surface area contributed by atoms with Gasteiger partial charge in [-0.05, 0) is 43.0 Å². The Morgan fingerprint density at radius 1 is 1.45 bits per heavy atom. The molecular formula is C16H25ClN2O. The van der Waals surface area contributed by atoms with E-state index in [0.29, 0.717) is 17.0 Å². The minimum Gasteiger partial charge on any atom is -0.506 e. The van der Waals surface area contributed by atoms with E-state index in [1.54, 1.807) is 6.07 Å². The second-order valence-corrected chi connectivity index (χ2v) is 6.57. The standard InChI is InChI=1S/C16H25ClN2O/c1-12(2)9-19(11-14-4-3-7-18-14)10-13-5-6-16(20)15(17)8-13/h5-6,8,12,14,18,20H,3-4,7,9-11H2,1-2H3. The summed E-state index contributed by atoms with van der Waals surface area (Å²) in [6, 6.07) is 6.11. The summed E-state index contributed by atoms with van der Waals surface area (Å²) in [7, 11) is 0. The van der Waals surface area contributed by atoms with E-state index in [-0.39, 0.29) is 5.75 Å². The van der Waals surface area contributed by atoms with Crippen LogP contribution in [0.1, 0.15) is 32.3 Å². The highest BCUT2D eigenvalue weighted by Crippen LogP contribution is 2.24. The highest BCUT2D eigenvalue weighted by Gasteiger charge is 2.18. The molecule has 0 bridgehead atoms. The number of hydrogen-bond acceptors (Lipinski definition) is 3. The summed E-state index contributed by atoms with van der Waals surface area (Å²) in [4.78, 5) is 2.48. The Bertz CT molecular complexity index is 430. The molecule has 3 nitrogen and oxygen atoms in total. The highest BCUT2D eigenvalue weighted by atomic mass is 35.5. The molecule has 0 saturated carbocycles. The maximum Gasteiger partial charge on any atom is 0.134 e. The van der Waals surface area contributed by atoms with E-state index < -0.39 is 0 Å². The predicted molar refractivity (Wildman–Crippen MR) is 84.3 cm³/mol. The van der Waals surface area contributed by atoms with Crippen LogP contribution in [0.15, 0.2) is 18.2 Å². The van der Waals surface area contributed by atoms with Crippen molar-refractivity contribution in [2.75, 3.05) is 19.6 Å². The van der Waals surface area contributed by atoms with Crippen LogP contribution in [-0.4, -0.2) is 35.7 Å². The molecule has 0 aliphatic carbocycles. The van der Waals surface area contributed by atoms with Gasteiger partial charge in [0.1, 0.15) is 5.75 Å². The van der Waals surface area contributed by atoms with Gasteiger partial charge in [-0.1, -0.05) is 31.5 Å². The van der Waals surface area contributed by atoms with Crippen LogP contribution >= 0.6 is 11.6 Å². The van der Waals surface area contributed by atoms with Crippen molar-refractivity contribution in [3.63, 3.8) is 0 Å². The molecule has 4 heteroatoms. The van der Waals surface area contributed by atoms with Gasteiger partial charge in [0, 0.05) is 25.7 Å². The van der Waals surface area contributed by atoms with Crippen LogP contribution in [0, 0.1) is 5.92 Å². The Morgan fingerprint density at radius 2 is 2.25 bits per heavy atom. The fraction of sp³-hybridized carbons (Fsp3) is 0.625. The van der Waals surface area contributed by atoms with E-state index in [9.17, 15) is 5.11 Å². The molecule has 0 aromatic heterocycles. The smallest absolute Gasteiger partial charge is 0.134 e. The summed E-state index contributed by atoms with van der Waals surface area (Å²) in [6.45, 7) is 8.69. The molecule has 0 amide bonds. The molecule has 2 N–H and O–H groups in total. The van der Waals surface area contributed by atoms with Gasteiger partial charge in [0.05, 0.1) is 5.02 Å². The van der Waals surface area contributed by atoms with Gasteiger partial charge in [-0.15, -0.1) is 0 Å². The van der Waals surface area contributed by atoms with Crippen molar-refractivity contribution in [1.29, 1.82) is 0 Å².